The molecular formula is C13H13NO4. The smallest absolute Gasteiger partial charge is 0.331 e. The Labute approximate surface area is 104 Å². The number of nitrogens with zero attached hydrogens (tertiary/aromatic N) is 1. The molecule has 94 valence electrons. The van der Waals surface area contributed by atoms with Crippen molar-refractivity contribution in [1.82, 2.24) is 0 Å². The van der Waals surface area contributed by atoms with E-state index in [1.54, 1.807) is 12.1 Å². The maximum Gasteiger partial charge on any atom is 0.331 e. The molecule has 1 aromatic carbocycles. The van der Waals surface area contributed by atoms with E-state index in [0.29, 0.717) is 0 Å². The Kier molecular flexibility index (Phi) is 3.41. The lowest BCUT2D eigenvalue weighted by atomic mass is 9.91. The fraction of sp³-hybridized carbons (Fsp3) is 0.308. The normalized spacial score (nSPS) is 22.6. The minimum absolute atomic E-state index is 0.0319. The van der Waals surface area contributed by atoms with Gasteiger partial charge in [0.15, 0.2) is 0 Å². The standard InChI is InChI=1S/C13H13NO4/c1-2-9-5-8-12(15)18-13(9)10-3-6-11(7-4-10)14(16)17/h3-9,13H,2H2,1H3/t9-,13+/m0/s1. The Morgan fingerprint density at radius 1 is 1.33 bits per heavy atom. The highest BCUT2D eigenvalue weighted by Crippen LogP contribution is 2.33. The van der Waals surface area contributed by atoms with Crippen molar-refractivity contribution in [3.63, 3.8) is 0 Å². The molecule has 5 nitrogen and oxygen atoms in total. The second-order valence-corrected chi connectivity index (χ2v) is 4.14. The third-order valence-corrected chi connectivity index (χ3v) is 3.02. The van der Waals surface area contributed by atoms with Crippen molar-refractivity contribution in [3.8, 4) is 0 Å². The second-order valence-electron chi connectivity index (χ2n) is 4.14. The third kappa shape index (κ3) is 2.40. The van der Waals surface area contributed by atoms with Crippen molar-refractivity contribution in [1.29, 1.82) is 0 Å². The first-order valence-electron chi connectivity index (χ1n) is 5.75. The van der Waals surface area contributed by atoms with Crippen molar-refractivity contribution < 1.29 is 14.5 Å². The van der Waals surface area contributed by atoms with E-state index < -0.39 is 4.92 Å². The topological polar surface area (TPSA) is 69.4 Å². The van der Waals surface area contributed by atoms with Crippen LogP contribution in [0.2, 0.25) is 0 Å². The number of benzene rings is 1. The molecule has 1 aliphatic rings. The number of carbonyl (C=O) groups excluding carboxylic acids is 1. The van der Waals surface area contributed by atoms with E-state index in [0.717, 1.165) is 12.0 Å². The molecule has 0 aromatic heterocycles. The molecule has 0 N–H and O–H groups in total. The van der Waals surface area contributed by atoms with E-state index in [9.17, 15) is 14.9 Å². The quantitative estimate of drug-likeness (QED) is 0.468. The zero-order valence-electron chi connectivity index (χ0n) is 9.91. The zero-order chi connectivity index (χ0) is 13.1. The molecule has 0 saturated heterocycles. The van der Waals surface area contributed by atoms with Gasteiger partial charge in [0.05, 0.1) is 4.92 Å². The van der Waals surface area contributed by atoms with Crippen LogP contribution in [0.25, 0.3) is 0 Å². The lowest BCUT2D eigenvalue weighted by Gasteiger charge is -2.26. The van der Waals surface area contributed by atoms with E-state index in [-0.39, 0.29) is 23.7 Å². The van der Waals surface area contributed by atoms with Crippen molar-refractivity contribution in [3.05, 3.63) is 52.1 Å². The van der Waals surface area contributed by atoms with Crippen molar-refractivity contribution in [2.45, 2.75) is 19.4 Å². The summed E-state index contributed by atoms with van der Waals surface area (Å²) in [5.74, 6) is -0.257. The third-order valence-electron chi connectivity index (χ3n) is 3.02. The summed E-state index contributed by atoms with van der Waals surface area (Å²) < 4.78 is 5.28. The Hall–Kier alpha value is -2.17. The van der Waals surface area contributed by atoms with Crippen molar-refractivity contribution >= 4 is 11.7 Å². The van der Waals surface area contributed by atoms with Gasteiger partial charge in [-0.15, -0.1) is 0 Å². The van der Waals surface area contributed by atoms with Gasteiger partial charge in [0.2, 0.25) is 0 Å². The number of nitro benzene ring substituents is 1. The van der Waals surface area contributed by atoms with Crippen LogP contribution in [0.1, 0.15) is 25.0 Å². The Bertz CT molecular complexity index is 492. The summed E-state index contributed by atoms with van der Waals surface area (Å²) in [6.45, 7) is 2.01. The minimum atomic E-state index is -0.451. The first-order valence-corrected chi connectivity index (χ1v) is 5.75. The number of hydrogen-bond donors (Lipinski definition) is 0. The van der Waals surface area contributed by atoms with E-state index in [1.165, 1.54) is 18.2 Å². The van der Waals surface area contributed by atoms with Crippen LogP contribution in [-0.2, 0) is 9.53 Å². The maximum atomic E-state index is 11.3. The number of hydrogen-bond acceptors (Lipinski definition) is 4. The summed E-state index contributed by atoms with van der Waals surface area (Å²) in [5, 5.41) is 10.6. The molecular weight excluding hydrogens is 234 g/mol. The monoisotopic (exact) mass is 247 g/mol. The lowest BCUT2D eigenvalue weighted by Crippen LogP contribution is -2.21. The average Bonchev–Trinajstić information content (AvgIpc) is 2.39. The summed E-state index contributed by atoms with van der Waals surface area (Å²) in [4.78, 5) is 21.4. The molecule has 2 atom stereocenters. The van der Waals surface area contributed by atoms with Crippen molar-refractivity contribution in [2.24, 2.45) is 5.92 Å². The van der Waals surface area contributed by atoms with E-state index >= 15 is 0 Å². The van der Waals surface area contributed by atoms with Gasteiger partial charge in [0.1, 0.15) is 6.10 Å². The Morgan fingerprint density at radius 2 is 2.00 bits per heavy atom. The van der Waals surface area contributed by atoms with Crippen LogP contribution < -0.4 is 0 Å². The molecule has 2 rings (SSSR count). The van der Waals surface area contributed by atoms with Crippen LogP contribution in [-0.4, -0.2) is 10.9 Å². The summed E-state index contributed by atoms with van der Waals surface area (Å²) >= 11 is 0. The van der Waals surface area contributed by atoms with Gasteiger partial charge >= 0.3 is 5.97 Å². The van der Waals surface area contributed by atoms with Gasteiger partial charge in [0, 0.05) is 24.1 Å². The van der Waals surface area contributed by atoms with Gasteiger partial charge < -0.3 is 4.74 Å². The van der Waals surface area contributed by atoms with Gasteiger partial charge in [-0.25, -0.2) is 4.79 Å². The van der Waals surface area contributed by atoms with Gasteiger partial charge in [-0.05, 0) is 24.1 Å². The Morgan fingerprint density at radius 3 is 2.56 bits per heavy atom. The molecule has 0 fully saturated rings. The highest BCUT2D eigenvalue weighted by molar-refractivity contribution is 5.83. The molecule has 0 saturated carbocycles. The first kappa shape index (κ1) is 12.3. The number of esters is 1. The van der Waals surface area contributed by atoms with Crippen LogP contribution in [0.4, 0.5) is 5.69 Å². The highest BCUT2D eigenvalue weighted by Gasteiger charge is 2.27. The molecule has 1 heterocycles. The van der Waals surface area contributed by atoms with Crippen LogP contribution in [0.15, 0.2) is 36.4 Å². The van der Waals surface area contributed by atoms with Gasteiger partial charge in [0.25, 0.3) is 5.69 Å². The summed E-state index contributed by atoms with van der Waals surface area (Å²) in [7, 11) is 0. The molecule has 0 unspecified atom stereocenters. The molecule has 0 spiro atoms. The largest absolute Gasteiger partial charge is 0.454 e. The minimum Gasteiger partial charge on any atom is -0.454 e. The average molecular weight is 247 g/mol. The first-order chi connectivity index (χ1) is 8.61. The number of nitro groups is 1. The van der Waals surface area contributed by atoms with Crippen LogP contribution in [0.5, 0.6) is 0 Å². The molecule has 0 amide bonds. The fourth-order valence-corrected chi connectivity index (χ4v) is 2.01. The molecule has 1 aromatic rings. The second kappa shape index (κ2) is 5.00. The summed E-state index contributed by atoms with van der Waals surface area (Å²) in [6, 6.07) is 6.12. The van der Waals surface area contributed by atoms with Gasteiger partial charge in [-0.3, -0.25) is 10.1 Å². The number of ether oxygens (including phenoxy) is 1. The number of carbonyl (C=O) groups is 1. The lowest BCUT2D eigenvalue weighted by molar-refractivity contribution is -0.384. The molecule has 5 heteroatoms. The van der Waals surface area contributed by atoms with E-state index in [2.05, 4.69) is 0 Å². The number of cyclic esters (lactones) is 1. The van der Waals surface area contributed by atoms with E-state index in [4.69, 9.17) is 4.74 Å². The molecule has 0 bridgehead atoms. The van der Waals surface area contributed by atoms with Gasteiger partial charge in [-0.1, -0.05) is 13.0 Å². The zero-order valence-corrected chi connectivity index (χ0v) is 9.91. The summed E-state index contributed by atoms with van der Waals surface area (Å²) in [5.41, 5.74) is 0.814. The molecule has 0 aliphatic carbocycles. The van der Waals surface area contributed by atoms with Crippen LogP contribution in [0, 0.1) is 16.0 Å². The fourth-order valence-electron chi connectivity index (χ4n) is 2.01. The number of non-ortho nitro benzene ring substituents is 1. The highest BCUT2D eigenvalue weighted by atomic mass is 16.6. The molecule has 1 aliphatic heterocycles. The van der Waals surface area contributed by atoms with Crippen molar-refractivity contribution in [2.75, 3.05) is 0 Å². The van der Waals surface area contributed by atoms with E-state index in [1.807, 2.05) is 13.0 Å². The Balaban J connectivity index is 2.27. The summed E-state index contributed by atoms with van der Waals surface area (Å²) in [6.07, 6.45) is 3.74. The molecule has 0 radical (unpaired) electrons. The molecule has 18 heavy (non-hydrogen) atoms. The maximum absolute atomic E-state index is 11.3. The predicted octanol–water partition coefficient (Wildman–Crippen LogP) is 2.78. The SMILES string of the molecule is CC[C@H]1C=CC(=O)O[C@H]1c1ccc([N+](=O)[O-])cc1. The number of rotatable bonds is 3. The van der Waals surface area contributed by atoms with Crippen LogP contribution in [0.3, 0.4) is 0 Å². The van der Waals surface area contributed by atoms with Crippen LogP contribution >= 0.6 is 0 Å². The van der Waals surface area contributed by atoms with Gasteiger partial charge in [-0.2, -0.15) is 0 Å². The predicted molar refractivity (Wildman–Crippen MR) is 64.9 cm³/mol.